The first-order valence-electron chi connectivity index (χ1n) is 6.51. The van der Waals surface area contributed by atoms with Gasteiger partial charge in [-0.05, 0) is 25.0 Å². The molecule has 0 amide bonds. The zero-order chi connectivity index (χ0) is 14.8. The fraction of sp³-hybridized carbons (Fsp3) is 0.538. The van der Waals surface area contributed by atoms with Gasteiger partial charge < -0.3 is 15.6 Å². The molecule has 20 heavy (non-hydrogen) atoms. The van der Waals surface area contributed by atoms with Crippen molar-refractivity contribution in [1.82, 2.24) is 4.72 Å². The maximum absolute atomic E-state index is 12.5. The molecule has 0 bridgehead atoms. The number of hydrogen-bond donors (Lipinski definition) is 3. The van der Waals surface area contributed by atoms with Gasteiger partial charge in [-0.15, -0.1) is 0 Å². The highest BCUT2D eigenvalue weighted by Gasteiger charge is 2.38. The third-order valence-corrected chi connectivity index (χ3v) is 5.31. The lowest BCUT2D eigenvalue weighted by atomic mass is 10.0. The molecule has 4 N–H and O–H groups in total. The van der Waals surface area contributed by atoms with E-state index in [4.69, 9.17) is 10.5 Å². The van der Waals surface area contributed by atoms with Crippen LogP contribution in [0.1, 0.15) is 25.7 Å². The van der Waals surface area contributed by atoms with Crippen LogP contribution in [-0.4, -0.2) is 32.8 Å². The summed E-state index contributed by atoms with van der Waals surface area (Å²) in [4.78, 5) is 0.0360. The molecule has 0 aliphatic heterocycles. The maximum Gasteiger partial charge on any atom is 0.244 e. The van der Waals surface area contributed by atoms with Gasteiger partial charge in [-0.25, -0.2) is 13.1 Å². The largest absolute Gasteiger partial charge is 0.495 e. The fourth-order valence-corrected chi connectivity index (χ4v) is 4.19. The number of methoxy groups -OCH3 is 1. The van der Waals surface area contributed by atoms with Crippen LogP contribution in [0.5, 0.6) is 5.75 Å². The Bertz CT molecular complexity index is 580. The van der Waals surface area contributed by atoms with E-state index in [0.717, 1.165) is 12.8 Å². The minimum absolute atomic E-state index is 0.0360. The Morgan fingerprint density at radius 2 is 2.05 bits per heavy atom. The molecule has 7 heteroatoms. The minimum atomic E-state index is -3.76. The number of nitrogens with one attached hydrogen (secondary N) is 1. The lowest BCUT2D eigenvalue weighted by molar-refractivity contribution is 0.185. The Morgan fingerprint density at radius 1 is 1.40 bits per heavy atom. The van der Waals surface area contributed by atoms with Crippen molar-refractivity contribution in [3.63, 3.8) is 0 Å². The van der Waals surface area contributed by atoms with Gasteiger partial charge in [0.1, 0.15) is 10.6 Å². The second-order valence-corrected chi connectivity index (χ2v) is 6.81. The molecule has 0 saturated heterocycles. The summed E-state index contributed by atoms with van der Waals surface area (Å²) < 4.78 is 32.7. The molecular formula is C13H20N2O4S. The van der Waals surface area contributed by atoms with Gasteiger partial charge in [0.2, 0.25) is 10.0 Å². The number of aliphatic hydroxyl groups excluding tert-OH is 1. The SMILES string of the molecule is COc1cc(N)ccc1S(=O)(=O)NC1(CO)CCCC1. The predicted molar refractivity (Wildman–Crippen MR) is 76.0 cm³/mol. The van der Waals surface area contributed by atoms with E-state index in [1.54, 1.807) is 0 Å². The average Bonchev–Trinajstić information content (AvgIpc) is 2.86. The molecule has 1 aromatic rings. The van der Waals surface area contributed by atoms with Crippen LogP contribution in [0.2, 0.25) is 0 Å². The summed E-state index contributed by atoms with van der Waals surface area (Å²) in [5.41, 5.74) is 5.30. The number of nitrogen functional groups attached to an aromatic ring is 1. The zero-order valence-corrected chi connectivity index (χ0v) is 12.2. The Labute approximate surface area is 119 Å². The number of sulfonamides is 1. The Morgan fingerprint density at radius 3 is 2.60 bits per heavy atom. The number of rotatable bonds is 5. The van der Waals surface area contributed by atoms with E-state index in [-0.39, 0.29) is 17.3 Å². The Kier molecular flexibility index (Phi) is 4.22. The number of nitrogens with two attached hydrogens (primary N) is 1. The highest BCUT2D eigenvalue weighted by molar-refractivity contribution is 7.89. The van der Waals surface area contributed by atoms with E-state index in [2.05, 4.69) is 4.72 Å². The van der Waals surface area contributed by atoms with Gasteiger partial charge in [-0.3, -0.25) is 0 Å². The zero-order valence-electron chi connectivity index (χ0n) is 11.4. The molecule has 1 aliphatic rings. The lowest BCUT2D eigenvalue weighted by Crippen LogP contribution is -2.49. The molecule has 0 heterocycles. The van der Waals surface area contributed by atoms with E-state index < -0.39 is 15.6 Å². The summed E-state index contributed by atoms with van der Waals surface area (Å²) in [5.74, 6) is 0.198. The monoisotopic (exact) mass is 300 g/mol. The number of benzene rings is 1. The van der Waals surface area contributed by atoms with Gasteiger partial charge >= 0.3 is 0 Å². The van der Waals surface area contributed by atoms with Crippen molar-refractivity contribution in [2.45, 2.75) is 36.1 Å². The van der Waals surface area contributed by atoms with Crippen molar-refractivity contribution in [3.05, 3.63) is 18.2 Å². The van der Waals surface area contributed by atoms with Gasteiger partial charge in [0.05, 0.1) is 19.3 Å². The van der Waals surface area contributed by atoms with Crippen LogP contribution in [-0.2, 0) is 10.0 Å². The second-order valence-electron chi connectivity index (χ2n) is 5.16. The predicted octanol–water partition coefficient (Wildman–Crippen LogP) is 0.861. The topological polar surface area (TPSA) is 102 Å². The summed E-state index contributed by atoms with van der Waals surface area (Å²) in [6, 6.07) is 4.39. The Balaban J connectivity index is 2.35. The number of anilines is 1. The van der Waals surface area contributed by atoms with Crippen LogP contribution in [0.25, 0.3) is 0 Å². The first-order chi connectivity index (χ1) is 9.42. The molecule has 2 rings (SSSR count). The quantitative estimate of drug-likeness (QED) is 0.700. The first kappa shape index (κ1) is 15.1. The van der Waals surface area contributed by atoms with E-state index >= 15 is 0 Å². The fourth-order valence-electron chi connectivity index (χ4n) is 2.59. The molecule has 0 aromatic heterocycles. The molecule has 1 aliphatic carbocycles. The second kappa shape index (κ2) is 5.59. The summed E-state index contributed by atoms with van der Waals surface area (Å²) in [5, 5.41) is 9.52. The number of hydrogen-bond acceptors (Lipinski definition) is 5. The molecule has 1 aromatic carbocycles. The van der Waals surface area contributed by atoms with Crippen LogP contribution in [0.4, 0.5) is 5.69 Å². The maximum atomic E-state index is 12.5. The van der Waals surface area contributed by atoms with Gasteiger partial charge in [-0.1, -0.05) is 12.8 Å². The van der Waals surface area contributed by atoms with Crippen LogP contribution < -0.4 is 15.2 Å². The van der Waals surface area contributed by atoms with Crippen LogP contribution >= 0.6 is 0 Å². The normalized spacial score (nSPS) is 18.1. The highest BCUT2D eigenvalue weighted by Crippen LogP contribution is 2.33. The summed E-state index contributed by atoms with van der Waals surface area (Å²) in [6.07, 6.45) is 3.09. The van der Waals surface area contributed by atoms with Crippen molar-refractivity contribution in [2.24, 2.45) is 0 Å². The number of ether oxygens (including phenoxy) is 1. The van der Waals surface area contributed by atoms with E-state index in [9.17, 15) is 13.5 Å². The molecular weight excluding hydrogens is 280 g/mol. The van der Waals surface area contributed by atoms with Crippen molar-refractivity contribution in [1.29, 1.82) is 0 Å². The van der Waals surface area contributed by atoms with Crippen molar-refractivity contribution < 1.29 is 18.3 Å². The van der Waals surface area contributed by atoms with Gasteiger partial charge in [0, 0.05) is 11.8 Å². The average molecular weight is 300 g/mol. The summed E-state index contributed by atoms with van der Waals surface area (Å²) in [6.45, 7) is -0.205. The molecule has 0 spiro atoms. The van der Waals surface area contributed by atoms with E-state index in [1.807, 2.05) is 0 Å². The van der Waals surface area contributed by atoms with E-state index in [1.165, 1.54) is 25.3 Å². The number of aliphatic hydroxyl groups is 1. The van der Waals surface area contributed by atoms with Gasteiger partial charge in [-0.2, -0.15) is 0 Å². The molecule has 1 saturated carbocycles. The van der Waals surface area contributed by atoms with Crippen molar-refractivity contribution in [2.75, 3.05) is 19.5 Å². The smallest absolute Gasteiger partial charge is 0.244 e. The highest BCUT2D eigenvalue weighted by atomic mass is 32.2. The van der Waals surface area contributed by atoms with Crippen LogP contribution in [0.3, 0.4) is 0 Å². The third kappa shape index (κ3) is 2.89. The molecule has 0 radical (unpaired) electrons. The van der Waals surface area contributed by atoms with Crippen LogP contribution in [0.15, 0.2) is 23.1 Å². The van der Waals surface area contributed by atoms with Crippen molar-refractivity contribution >= 4 is 15.7 Å². The minimum Gasteiger partial charge on any atom is -0.495 e. The van der Waals surface area contributed by atoms with Gasteiger partial charge in [0.25, 0.3) is 0 Å². The Hall–Kier alpha value is -1.31. The standard InChI is InChI=1S/C13H20N2O4S/c1-19-11-8-10(14)4-5-12(11)20(17,18)15-13(9-16)6-2-3-7-13/h4-5,8,15-16H,2-3,6-7,9,14H2,1H3. The van der Waals surface area contributed by atoms with Crippen LogP contribution in [0, 0.1) is 0 Å². The third-order valence-electron chi connectivity index (χ3n) is 3.69. The van der Waals surface area contributed by atoms with Crippen molar-refractivity contribution in [3.8, 4) is 5.75 Å². The lowest BCUT2D eigenvalue weighted by Gasteiger charge is -2.27. The molecule has 1 fully saturated rings. The molecule has 0 unspecified atom stereocenters. The van der Waals surface area contributed by atoms with Gasteiger partial charge in [0.15, 0.2) is 0 Å². The summed E-state index contributed by atoms with van der Waals surface area (Å²) >= 11 is 0. The molecule has 112 valence electrons. The molecule has 6 nitrogen and oxygen atoms in total. The first-order valence-corrected chi connectivity index (χ1v) is 7.99. The summed E-state index contributed by atoms with van der Waals surface area (Å²) in [7, 11) is -2.37. The molecule has 0 atom stereocenters. The van der Waals surface area contributed by atoms with E-state index in [0.29, 0.717) is 18.5 Å².